The number of anilines is 1. The Labute approximate surface area is 144 Å². The van der Waals surface area contributed by atoms with Crippen molar-refractivity contribution >= 4 is 27.9 Å². The monoisotopic (exact) mass is 369 g/mol. The predicted octanol–water partition coefficient (Wildman–Crippen LogP) is 3.75. The number of alkyl halides is 3. The molecule has 0 aliphatic carbocycles. The third-order valence-corrected chi connectivity index (χ3v) is 4.32. The van der Waals surface area contributed by atoms with Gasteiger partial charge >= 0.3 is 6.18 Å². The molecule has 0 fully saturated rings. The Kier molecular flexibility index (Phi) is 4.02. The van der Waals surface area contributed by atoms with Gasteiger partial charge in [0.05, 0.1) is 0 Å². The molecule has 1 aromatic carbocycles. The average molecular weight is 369 g/mol. The lowest BCUT2D eigenvalue weighted by atomic mass is 9.86. The third kappa shape index (κ3) is 3.34. The highest BCUT2D eigenvalue weighted by Gasteiger charge is 2.38. The number of halogens is 3. The van der Waals surface area contributed by atoms with Crippen LogP contribution in [0.3, 0.4) is 0 Å². The number of rotatable bonds is 2. The molecule has 0 spiro atoms. The number of benzene rings is 1. The number of nitrogens with one attached hydrogen (secondary N) is 1. The number of para-hydroxylation sites is 1. The topological polar surface area (TPSA) is 72.2 Å². The summed E-state index contributed by atoms with van der Waals surface area (Å²) in [7, 11) is 0. The first-order valence-corrected chi connectivity index (χ1v) is 8.09. The van der Waals surface area contributed by atoms with Gasteiger partial charge in [0.15, 0.2) is 0 Å². The molecule has 6 nitrogen and oxygen atoms in total. The normalized spacial score (nSPS) is 12.6. The van der Waals surface area contributed by atoms with Crippen LogP contribution in [0, 0.1) is 0 Å². The number of carbonyl (C=O) groups excluding carboxylic acids is 1. The molecule has 2 aromatic heterocycles. The molecular weight excluding hydrogens is 355 g/mol. The highest BCUT2D eigenvalue weighted by Crippen LogP contribution is 2.31. The molecule has 3 aromatic rings. The van der Waals surface area contributed by atoms with Gasteiger partial charge in [-0.25, -0.2) is 0 Å². The van der Waals surface area contributed by atoms with Crippen molar-refractivity contribution in [2.45, 2.75) is 32.4 Å². The van der Waals surface area contributed by atoms with Crippen LogP contribution in [0.1, 0.15) is 42.0 Å². The molecule has 0 saturated heterocycles. The van der Waals surface area contributed by atoms with Crippen LogP contribution in [0.25, 0.3) is 4.96 Å². The second kappa shape index (κ2) is 5.80. The Hall–Kier alpha value is -2.49. The van der Waals surface area contributed by atoms with Gasteiger partial charge in [-0.15, -0.1) is 15.3 Å². The van der Waals surface area contributed by atoms with Crippen LogP contribution in [-0.2, 0) is 11.6 Å². The zero-order chi connectivity index (χ0) is 18.4. The first-order chi connectivity index (χ1) is 11.6. The largest absolute Gasteiger partial charge is 0.453 e. The van der Waals surface area contributed by atoms with Gasteiger partial charge in [0, 0.05) is 5.69 Å². The molecule has 3 rings (SSSR count). The maximum Gasteiger partial charge on any atom is 0.453 e. The van der Waals surface area contributed by atoms with Gasteiger partial charge in [0.1, 0.15) is 0 Å². The molecule has 1 amide bonds. The van der Waals surface area contributed by atoms with Gasteiger partial charge in [0.25, 0.3) is 11.7 Å². The summed E-state index contributed by atoms with van der Waals surface area (Å²) < 4.78 is 39.0. The maximum absolute atomic E-state index is 12.8. The van der Waals surface area contributed by atoms with Crippen molar-refractivity contribution in [3.63, 3.8) is 0 Å². The summed E-state index contributed by atoms with van der Waals surface area (Å²) in [6.07, 6.45) is -4.69. The Bertz CT molecular complexity index is 939. The van der Waals surface area contributed by atoms with E-state index in [9.17, 15) is 18.0 Å². The first-order valence-electron chi connectivity index (χ1n) is 7.27. The summed E-state index contributed by atoms with van der Waals surface area (Å²) in [5.41, 5.74) is 1.28. The Morgan fingerprint density at radius 1 is 1.16 bits per heavy atom. The van der Waals surface area contributed by atoms with Crippen LogP contribution in [0.4, 0.5) is 18.9 Å². The number of hydrogen-bond donors (Lipinski definition) is 1. The molecule has 2 heterocycles. The fourth-order valence-electron chi connectivity index (χ4n) is 2.31. The Morgan fingerprint density at radius 3 is 2.48 bits per heavy atom. The molecule has 132 valence electrons. The van der Waals surface area contributed by atoms with Gasteiger partial charge in [-0.3, -0.25) is 4.79 Å². The highest BCUT2D eigenvalue weighted by molar-refractivity contribution is 7.18. The van der Waals surface area contributed by atoms with Crippen LogP contribution in [-0.4, -0.2) is 25.7 Å². The van der Waals surface area contributed by atoms with Crippen LogP contribution in [0.2, 0.25) is 0 Å². The van der Waals surface area contributed by atoms with E-state index in [1.807, 2.05) is 32.9 Å². The molecule has 0 saturated carbocycles. The van der Waals surface area contributed by atoms with E-state index in [1.165, 1.54) is 0 Å². The van der Waals surface area contributed by atoms with Crippen molar-refractivity contribution in [3.05, 3.63) is 40.7 Å². The number of aromatic nitrogens is 4. The van der Waals surface area contributed by atoms with E-state index in [0.29, 0.717) is 10.2 Å². The summed E-state index contributed by atoms with van der Waals surface area (Å²) in [5, 5.41) is 12.8. The van der Waals surface area contributed by atoms with Gasteiger partial charge in [0.2, 0.25) is 9.97 Å². The molecule has 10 heteroatoms. The summed E-state index contributed by atoms with van der Waals surface area (Å²) in [6.45, 7) is 5.99. The Morgan fingerprint density at radius 2 is 1.84 bits per heavy atom. The van der Waals surface area contributed by atoms with Gasteiger partial charge in [-0.05, 0) is 17.0 Å². The fraction of sp³-hybridized carbons (Fsp3) is 0.333. The smallest absolute Gasteiger partial charge is 0.320 e. The summed E-state index contributed by atoms with van der Waals surface area (Å²) >= 11 is 0.741. The quantitative estimate of drug-likeness (QED) is 0.747. The molecule has 0 unspecified atom stereocenters. The SMILES string of the molecule is CC(C)(C)c1ccccc1NC(=O)c1nn2c(C(F)(F)F)nnc2s1. The molecule has 0 atom stereocenters. The fourth-order valence-corrected chi connectivity index (χ4v) is 3.04. The number of carbonyl (C=O) groups is 1. The van der Waals surface area contributed by atoms with Crippen molar-refractivity contribution in [1.29, 1.82) is 0 Å². The number of hydrogen-bond acceptors (Lipinski definition) is 5. The van der Waals surface area contributed by atoms with E-state index in [-0.39, 0.29) is 15.4 Å². The minimum atomic E-state index is -4.69. The molecule has 0 bridgehead atoms. The van der Waals surface area contributed by atoms with E-state index >= 15 is 0 Å². The van der Waals surface area contributed by atoms with Crippen molar-refractivity contribution in [2.75, 3.05) is 5.32 Å². The zero-order valence-corrected chi connectivity index (χ0v) is 14.4. The molecule has 0 radical (unpaired) electrons. The number of nitrogens with zero attached hydrogens (tertiary/aromatic N) is 4. The molecule has 1 N–H and O–H groups in total. The lowest BCUT2D eigenvalue weighted by Gasteiger charge is -2.22. The highest BCUT2D eigenvalue weighted by atomic mass is 32.1. The minimum Gasteiger partial charge on any atom is -0.320 e. The summed E-state index contributed by atoms with van der Waals surface area (Å²) in [4.78, 5) is 12.3. The van der Waals surface area contributed by atoms with Crippen molar-refractivity contribution in [1.82, 2.24) is 19.8 Å². The second-order valence-corrected chi connectivity index (χ2v) is 7.33. The third-order valence-electron chi connectivity index (χ3n) is 3.42. The zero-order valence-electron chi connectivity index (χ0n) is 13.5. The van der Waals surface area contributed by atoms with E-state index in [2.05, 4.69) is 20.6 Å². The number of amides is 1. The van der Waals surface area contributed by atoms with E-state index in [0.717, 1.165) is 16.9 Å². The predicted molar refractivity (Wildman–Crippen MR) is 86.8 cm³/mol. The minimum absolute atomic E-state index is 0.0958. The molecule has 25 heavy (non-hydrogen) atoms. The Balaban J connectivity index is 1.93. The second-order valence-electron chi connectivity index (χ2n) is 6.37. The maximum atomic E-state index is 12.8. The molecule has 0 aliphatic rings. The molecule has 0 aliphatic heterocycles. The van der Waals surface area contributed by atoms with Crippen LogP contribution in [0.15, 0.2) is 24.3 Å². The van der Waals surface area contributed by atoms with E-state index < -0.39 is 17.9 Å². The van der Waals surface area contributed by atoms with E-state index in [1.54, 1.807) is 12.1 Å². The average Bonchev–Trinajstić information content (AvgIpc) is 3.05. The standard InChI is InChI=1S/C15H14F3N5OS/c1-14(2,3)8-6-4-5-7-9(8)19-10(24)11-22-23-12(15(16,17)18)20-21-13(23)25-11/h4-7H,1-3H3,(H,19,24). The van der Waals surface area contributed by atoms with Crippen molar-refractivity contribution in [3.8, 4) is 0 Å². The van der Waals surface area contributed by atoms with Gasteiger partial charge in [-0.2, -0.15) is 17.7 Å². The molecular formula is C15H14F3N5OS. The van der Waals surface area contributed by atoms with Crippen LogP contribution in [0.5, 0.6) is 0 Å². The lowest BCUT2D eigenvalue weighted by Crippen LogP contribution is -2.19. The van der Waals surface area contributed by atoms with Crippen molar-refractivity contribution < 1.29 is 18.0 Å². The van der Waals surface area contributed by atoms with E-state index in [4.69, 9.17) is 0 Å². The summed E-state index contributed by atoms with van der Waals surface area (Å²) in [5.74, 6) is -1.85. The van der Waals surface area contributed by atoms with Crippen LogP contribution < -0.4 is 5.32 Å². The van der Waals surface area contributed by atoms with Crippen LogP contribution >= 0.6 is 11.3 Å². The van der Waals surface area contributed by atoms with Gasteiger partial charge < -0.3 is 5.32 Å². The van der Waals surface area contributed by atoms with Gasteiger partial charge in [-0.1, -0.05) is 50.3 Å². The summed E-state index contributed by atoms with van der Waals surface area (Å²) in [6, 6.07) is 7.25. The lowest BCUT2D eigenvalue weighted by molar-refractivity contribution is -0.146. The number of fused-ring (bicyclic) bond motifs is 1. The first kappa shape index (κ1) is 17.3. The van der Waals surface area contributed by atoms with Crippen molar-refractivity contribution in [2.24, 2.45) is 0 Å².